The van der Waals surface area contributed by atoms with E-state index in [1.165, 1.54) is 0 Å². The molecule has 0 aliphatic heterocycles. The maximum atomic E-state index is 11.3. The molecule has 0 radical (unpaired) electrons. The van der Waals surface area contributed by atoms with Gasteiger partial charge in [-0.2, -0.15) is 0 Å². The normalized spacial score (nSPS) is 10.6. The molecule has 2 rings (SSSR count). The van der Waals surface area contributed by atoms with Crippen molar-refractivity contribution in [2.45, 2.75) is 26.8 Å². The van der Waals surface area contributed by atoms with Crippen molar-refractivity contribution in [3.63, 3.8) is 0 Å². The van der Waals surface area contributed by atoms with Gasteiger partial charge in [0.15, 0.2) is 11.5 Å². The fraction of sp³-hybridized carbons (Fsp3) is 0.417. The largest absolute Gasteiger partial charge is 0.357 e. The van der Waals surface area contributed by atoms with Gasteiger partial charge in [0, 0.05) is 26.0 Å². The van der Waals surface area contributed by atoms with Crippen molar-refractivity contribution in [2.75, 3.05) is 12.4 Å². The Kier molecular flexibility index (Phi) is 3.92. The van der Waals surface area contributed by atoms with E-state index in [9.17, 15) is 10.1 Å². The third kappa shape index (κ3) is 2.44. The minimum Gasteiger partial charge on any atom is -0.357 e. The van der Waals surface area contributed by atoms with E-state index in [0.29, 0.717) is 17.5 Å². The monoisotopic (exact) mass is 276 g/mol. The van der Waals surface area contributed by atoms with E-state index in [1.54, 1.807) is 26.4 Å². The van der Waals surface area contributed by atoms with Gasteiger partial charge in [-0.15, -0.1) is 0 Å². The van der Waals surface area contributed by atoms with E-state index in [0.717, 1.165) is 13.0 Å². The zero-order valence-electron chi connectivity index (χ0n) is 11.6. The molecule has 0 unspecified atom stereocenters. The molecule has 2 aromatic heterocycles. The van der Waals surface area contributed by atoms with Crippen molar-refractivity contribution in [1.82, 2.24) is 19.5 Å². The van der Waals surface area contributed by atoms with E-state index in [-0.39, 0.29) is 11.4 Å². The average molecular weight is 276 g/mol. The quantitative estimate of drug-likeness (QED) is 0.662. The lowest BCUT2D eigenvalue weighted by molar-refractivity contribution is -0.385. The Morgan fingerprint density at radius 3 is 2.80 bits per heavy atom. The molecule has 2 aromatic rings. The first-order valence-corrected chi connectivity index (χ1v) is 6.30. The van der Waals surface area contributed by atoms with Crippen LogP contribution < -0.4 is 5.32 Å². The van der Waals surface area contributed by atoms with Crippen molar-refractivity contribution >= 4 is 11.6 Å². The number of anilines is 1. The molecule has 1 N–H and O–H groups in total. The number of nitrogens with one attached hydrogen (secondary N) is 1. The molecule has 0 spiro atoms. The molecule has 20 heavy (non-hydrogen) atoms. The topological polar surface area (TPSA) is 98.8 Å². The van der Waals surface area contributed by atoms with Gasteiger partial charge >= 0.3 is 5.69 Å². The van der Waals surface area contributed by atoms with Crippen LogP contribution in [0.15, 0.2) is 12.4 Å². The summed E-state index contributed by atoms with van der Waals surface area (Å²) in [5.41, 5.74) is 0.452. The molecule has 0 saturated heterocycles. The standard InChI is InChI=1S/C12H16N6O2/c1-4-6-17-7-5-14-11(17)9-10(18(19)20)8(2)15-12(13-3)16-9/h5,7H,4,6H2,1-3H3,(H,13,15,16). The molecule has 0 aromatic carbocycles. The Balaban J connectivity index is 2.67. The maximum Gasteiger partial charge on any atom is 0.319 e. The minimum absolute atomic E-state index is 0.104. The van der Waals surface area contributed by atoms with Gasteiger partial charge in [-0.25, -0.2) is 15.0 Å². The number of rotatable bonds is 5. The lowest BCUT2D eigenvalue weighted by Crippen LogP contribution is -2.08. The highest BCUT2D eigenvalue weighted by molar-refractivity contribution is 5.67. The molecule has 0 aliphatic rings. The molecule has 0 aliphatic carbocycles. The highest BCUT2D eigenvalue weighted by Gasteiger charge is 2.25. The highest BCUT2D eigenvalue weighted by Crippen LogP contribution is 2.30. The van der Waals surface area contributed by atoms with Gasteiger partial charge in [-0.3, -0.25) is 10.1 Å². The molecule has 2 heterocycles. The van der Waals surface area contributed by atoms with Gasteiger partial charge in [0.05, 0.1) is 4.92 Å². The Bertz CT molecular complexity index is 637. The van der Waals surface area contributed by atoms with Crippen LogP contribution in [0.4, 0.5) is 11.6 Å². The SMILES string of the molecule is CCCn1ccnc1-c1nc(NC)nc(C)c1[N+](=O)[O-]. The van der Waals surface area contributed by atoms with E-state index in [4.69, 9.17) is 0 Å². The summed E-state index contributed by atoms with van der Waals surface area (Å²) in [6.07, 6.45) is 4.31. The van der Waals surface area contributed by atoms with E-state index >= 15 is 0 Å². The summed E-state index contributed by atoms with van der Waals surface area (Å²) < 4.78 is 1.86. The van der Waals surface area contributed by atoms with Gasteiger partial charge in [-0.1, -0.05) is 6.92 Å². The van der Waals surface area contributed by atoms with E-state index in [2.05, 4.69) is 20.3 Å². The molecule has 0 saturated carbocycles. The number of hydrogen-bond donors (Lipinski definition) is 1. The molecular formula is C12H16N6O2. The Labute approximate surface area is 116 Å². The van der Waals surface area contributed by atoms with Crippen LogP contribution in [-0.2, 0) is 6.54 Å². The smallest absolute Gasteiger partial charge is 0.319 e. The number of aromatic nitrogens is 4. The van der Waals surface area contributed by atoms with Crippen LogP contribution in [0.5, 0.6) is 0 Å². The van der Waals surface area contributed by atoms with Gasteiger partial charge in [0.25, 0.3) is 0 Å². The fourth-order valence-electron chi connectivity index (χ4n) is 2.00. The van der Waals surface area contributed by atoms with E-state index in [1.807, 2.05) is 11.5 Å². The second-order valence-electron chi connectivity index (χ2n) is 4.28. The summed E-state index contributed by atoms with van der Waals surface area (Å²) >= 11 is 0. The molecule has 106 valence electrons. The number of nitrogens with zero attached hydrogens (tertiary/aromatic N) is 5. The predicted octanol–water partition coefficient (Wildman–Crippen LogP) is 2.01. The number of nitro groups is 1. The zero-order valence-corrected chi connectivity index (χ0v) is 11.6. The fourth-order valence-corrected chi connectivity index (χ4v) is 2.00. The van der Waals surface area contributed by atoms with Gasteiger partial charge < -0.3 is 9.88 Å². The summed E-state index contributed by atoms with van der Waals surface area (Å²) in [4.78, 5) is 23.3. The Hall–Kier alpha value is -2.51. The minimum atomic E-state index is -0.463. The van der Waals surface area contributed by atoms with Crippen LogP contribution in [0.25, 0.3) is 11.5 Å². The lowest BCUT2D eigenvalue weighted by atomic mass is 10.2. The van der Waals surface area contributed by atoms with E-state index < -0.39 is 4.92 Å². The molecule has 0 bridgehead atoms. The third-order valence-corrected chi connectivity index (χ3v) is 2.86. The Morgan fingerprint density at radius 2 is 2.20 bits per heavy atom. The van der Waals surface area contributed by atoms with Crippen LogP contribution in [0.2, 0.25) is 0 Å². The first-order valence-electron chi connectivity index (χ1n) is 6.30. The molecule has 8 nitrogen and oxygen atoms in total. The van der Waals surface area contributed by atoms with Crippen LogP contribution in [0.1, 0.15) is 19.0 Å². The predicted molar refractivity (Wildman–Crippen MR) is 74.5 cm³/mol. The van der Waals surface area contributed by atoms with Crippen molar-refractivity contribution in [3.8, 4) is 11.5 Å². The Morgan fingerprint density at radius 1 is 1.45 bits per heavy atom. The van der Waals surface area contributed by atoms with Crippen LogP contribution in [-0.4, -0.2) is 31.5 Å². The van der Waals surface area contributed by atoms with Crippen LogP contribution in [0.3, 0.4) is 0 Å². The summed E-state index contributed by atoms with van der Waals surface area (Å²) in [7, 11) is 1.67. The van der Waals surface area contributed by atoms with Crippen molar-refractivity contribution in [1.29, 1.82) is 0 Å². The first-order chi connectivity index (χ1) is 9.58. The number of hydrogen-bond acceptors (Lipinski definition) is 6. The maximum absolute atomic E-state index is 11.3. The summed E-state index contributed by atoms with van der Waals surface area (Å²) in [6.45, 7) is 4.35. The second kappa shape index (κ2) is 5.64. The van der Waals surface area contributed by atoms with Crippen molar-refractivity contribution in [2.24, 2.45) is 0 Å². The highest BCUT2D eigenvalue weighted by atomic mass is 16.6. The molecule has 0 atom stereocenters. The molecule has 8 heteroatoms. The first kappa shape index (κ1) is 13.9. The van der Waals surface area contributed by atoms with Crippen molar-refractivity contribution in [3.05, 3.63) is 28.2 Å². The summed E-state index contributed by atoms with van der Waals surface area (Å²) in [6, 6.07) is 0. The van der Waals surface area contributed by atoms with Crippen LogP contribution >= 0.6 is 0 Å². The average Bonchev–Trinajstić information content (AvgIpc) is 2.85. The molecule has 0 fully saturated rings. The van der Waals surface area contributed by atoms with Gasteiger partial charge in [0.1, 0.15) is 5.69 Å². The third-order valence-electron chi connectivity index (χ3n) is 2.86. The number of aryl methyl sites for hydroxylation is 2. The molecular weight excluding hydrogens is 260 g/mol. The van der Waals surface area contributed by atoms with Crippen LogP contribution in [0, 0.1) is 17.0 Å². The zero-order chi connectivity index (χ0) is 14.7. The summed E-state index contributed by atoms with van der Waals surface area (Å²) in [5.74, 6) is 0.828. The summed E-state index contributed by atoms with van der Waals surface area (Å²) in [5, 5.41) is 14.1. The second-order valence-corrected chi connectivity index (χ2v) is 4.28. The molecule has 0 amide bonds. The number of imidazole rings is 1. The van der Waals surface area contributed by atoms with Gasteiger partial charge in [0.2, 0.25) is 5.95 Å². The van der Waals surface area contributed by atoms with Gasteiger partial charge in [-0.05, 0) is 13.3 Å². The lowest BCUT2D eigenvalue weighted by Gasteiger charge is -2.09. The van der Waals surface area contributed by atoms with Crippen molar-refractivity contribution < 1.29 is 4.92 Å².